The highest BCUT2D eigenvalue weighted by atomic mass is 35.5. The number of rotatable bonds is 2. The fourth-order valence-electron chi connectivity index (χ4n) is 2.71. The van der Waals surface area contributed by atoms with Gasteiger partial charge in [0, 0.05) is 6.20 Å². The second kappa shape index (κ2) is 6.64. The number of nitriles is 1. The third-order valence-corrected chi connectivity index (χ3v) is 4.57. The Kier molecular flexibility index (Phi) is 4.79. The van der Waals surface area contributed by atoms with Gasteiger partial charge in [-0.05, 0) is 18.2 Å². The van der Waals surface area contributed by atoms with E-state index in [0.29, 0.717) is 22.9 Å². The van der Waals surface area contributed by atoms with Gasteiger partial charge < -0.3 is 5.73 Å². The fourth-order valence-corrected chi connectivity index (χ4v) is 3.36. The van der Waals surface area contributed by atoms with Crippen LogP contribution in [0.3, 0.4) is 0 Å². The summed E-state index contributed by atoms with van der Waals surface area (Å²) >= 11 is 11.7. The summed E-state index contributed by atoms with van der Waals surface area (Å²) in [4.78, 5) is 0. The van der Waals surface area contributed by atoms with Crippen molar-refractivity contribution in [1.82, 2.24) is 9.78 Å². The molecule has 1 atom stereocenters. The first-order valence-electron chi connectivity index (χ1n) is 7.35. The Labute approximate surface area is 167 Å². The number of benzene rings is 1. The van der Waals surface area contributed by atoms with Crippen molar-refractivity contribution >= 4 is 29.0 Å². The van der Waals surface area contributed by atoms with E-state index in [-0.39, 0.29) is 0 Å². The van der Waals surface area contributed by atoms with Gasteiger partial charge in [0.1, 0.15) is 17.6 Å². The molecule has 0 radical (unpaired) electrons. The summed E-state index contributed by atoms with van der Waals surface area (Å²) in [5, 5.41) is 18.1. The zero-order valence-electron chi connectivity index (χ0n) is 13.6. The topological polar surface area (TPSA) is 92.3 Å². The van der Waals surface area contributed by atoms with Crippen LogP contribution in [-0.4, -0.2) is 16.0 Å². The largest absolute Gasteiger partial charge is 0.423 e. The van der Waals surface area contributed by atoms with Crippen LogP contribution in [0.5, 0.6) is 0 Å². The smallest absolute Gasteiger partial charge is 0.383 e. The fraction of sp³-hybridized carbons (Fsp3) is 0.200. The number of alkyl halides is 6. The highest BCUT2D eigenvalue weighted by molar-refractivity contribution is 6.38. The summed E-state index contributed by atoms with van der Waals surface area (Å²) in [6.45, 7) is 0. The molecule has 0 saturated heterocycles. The lowest BCUT2D eigenvalue weighted by Gasteiger charge is -2.25. The van der Waals surface area contributed by atoms with E-state index < -0.39 is 56.3 Å². The first-order valence-corrected chi connectivity index (χ1v) is 8.11. The van der Waals surface area contributed by atoms with E-state index in [0.717, 1.165) is 6.20 Å². The highest BCUT2D eigenvalue weighted by Gasteiger charge is 2.60. The number of azo groups is 1. The molecule has 1 aliphatic heterocycles. The average Bonchev–Trinajstić information content (AvgIpc) is 3.19. The predicted molar refractivity (Wildman–Crippen MR) is 89.4 cm³/mol. The Hall–Kier alpha value is -2.78. The van der Waals surface area contributed by atoms with E-state index in [1.807, 2.05) is 0 Å². The number of nitrogen functional groups attached to an aromatic ring is 1. The quantitative estimate of drug-likeness (QED) is 0.616. The van der Waals surface area contributed by atoms with Crippen LogP contribution in [0.1, 0.15) is 16.8 Å². The van der Waals surface area contributed by atoms with Crippen molar-refractivity contribution in [2.24, 2.45) is 10.2 Å². The van der Waals surface area contributed by atoms with Crippen LogP contribution in [0.2, 0.25) is 10.0 Å². The normalized spacial score (nSPS) is 19.0. The molecule has 14 heteroatoms. The zero-order chi connectivity index (χ0) is 21.8. The molecule has 2 N–H and O–H groups in total. The molecule has 1 aromatic carbocycles. The SMILES string of the molecule is N#Cc1nn(-c2c(Cl)cc(C(F)(F)F)cc2Cl)c(N)c1C1(C(F)(F)F)C=CN=N1. The Morgan fingerprint density at radius 1 is 1.10 bits per heavy atom. The Balaban J connectivity index is 2.30. The molecule has 152 valence electrons. The molecule has 29 heavy (non-hydrogen) atoms. The predicted octanol–water partition coefficient (Wildman–Crippen LogP) is 5.39. The van der Waals surface area contributed by atoms with E-state index >= 15 is 0 Å². The van der Waals surface area contributed by atoms with Crippen LogP contribution >= 0.6 is 23.2 Å². The number of aromatic nitrogens is 2. The second-order valence-corrected chi connectivity index (χ2v) is 6.53. The van der Waals surface area contributed by atoms with Crippen LogP contribution in [0, 0.1) is 11.3 Å². The molecule has 2 aromatic rings. The van der Waals surface area contributed by atoms with Crippen LogP contribution in [0.15, 0.2) is 34.6 Å². The van der Waals surface area contributed by atoms with E-state index in [1.165, 1.54) is 6.07 Å². The Bertz CT molecular complexity index is 1060. The maximum Gasteiger partial charge on any atom is 0.423 e. The summed E-state index contributed by atoms with van der Waals surface area (Å²) < 4.78 is 80.6. The van der Waals surface area contributed by atoms with Gasteiger partial charge in [0.05, 0.1) is 21.2 Å². The molecule has 3 rings (SSSR count). The van der Waals surface area contributed by atoms with Crippen molar-refractivity contribution < 1.29 is 26.3 Å². The first-order chi connectivity index (χ1) is 13.3. The molecule has 0 fully saturated rings. The van der Waals surface area contributed by atoms with E-state index in [9.17, 15) is 31.6 Å². The lowest BCUT2D eigenvalue weighted by molar-refractivity contribution is -0.174. The van der Waals surface area contributed by atoms with Crippen molar-refractivity contribution in [2.45, 2.75) is 17.9 Å². The summed E-state index contributed by atoms with van der Waals surface area (Å²) in [5.41, 5.74) is -0.538. The summed E-state index contributed by atoms with van der Waals surface area (Å²) in [5.74, 6) is -0.743. The number of hydrogen-bond donors (Lipinski definition) is 1. The first kappa shape index (κ1) is 20.9. The molecular weight excluding hydrogens is 449 g/mol. The molecule has 2 heterocycles. The van der Waals surface area contributed by atoms with Crippen LogP contribution in [-0.2, 0) is 11.7 Å². The van der Waals surface area contributed by atoms with Gasteiger partial charge in [-0.3, -0.25) is 0 Å². The number of anilines is 1. The minimum absolute atomic E-state index is 0.433. The van der Waals surface area contributed by atoms with E-state index in [1.54, 1.807) is 0 Å². The van der Waals surface area contributed by atoms with Crippen molar-refractivity contribution in [2.75, 3.05) is 5.73 Å². The minimum Gasteiger partial charge on any atom is -0.383 e. The molecule has 1 aliphatic rings. The second-order valence-electron chi connectivity index (χ2n) is 5.71. The molecule has 0 bridgehead atoms. The standard InChI is InChI=1S/C15H6Cl2F6N6/c16-7-3-6(14(18,19)20)4-8(17)11(7)29-12(25)10(9(5-24)27-29)13(15(21,22)23)1-2-26-28-13/h1-4H,25H2. The molecule has 0 saturated carbocycles. The van der Waals surface area contributed by atoms with E-state index in [4.69, 9.17) is 28.9 Å². The molecule has 6 nitrogen and oxygen atoms in total. The minimum atomic E-state index is -5.05. The lowest BCUT2D eigenvalue weighted by atomic mass is 9.90. The van der Waals surface area contributed by atoms with Crippen LogP contribution in [0.25, 0.3) is 5.69 Å². The van der Waals surface area contributed by atoms with Crippen LogP contribution in [0.4, 0.5) is 32.2 Å². The van der Waals surface area contributed by atoms with Gasteiger partial charge in [0.2, 0.25) is 5.54 Å². The monoisotopic (exact) mass is 454 g/mol. The van der Waals surface area contributed by atoms with Crippen molar-refractivity contribution in [3.05, 3.63) is 51.3 Å². The third kappa shape index (κ3) is 3.20. The molecule has 0 aliphatic carbocycles. The summed E-state index contributed by atoms with van der Waals surface area (Å²) in [6, 6.07) is 2.47. The van der Waals surface area contributed by atoms with Crippen molar-refractivity contribution in [3.8, 4) is 11.8 Å². The van der Waals surface area contributed by atoms with Crippen LogP contribution < -0.4 is 5.73 Å². The number of nitrogens with zero attached hydrogens (tertiary/aromatic N) is 5. The van der Waals surface area contributed by atoms with Gasteiger partial charge in [0.15, 0.2) is 5.69 Å². The summed E-state index contributed by atoms with van der Waals surface area (Å²) in [6.07, 6.45) is -8.49. The maximum atomic E-state index is 13.8. The molecule has 1 aromatic heterocycles. The number of halogens is 8. The third-order valence-electron chi connectivity index (χ3n) is 3.99. The number of hydrogen-bond acceptors (Lipinski definition) is 5. The zero-order valence-corrected chi connectivity index (χ0v) is 15.2. The highest BCUT2D eigenvalue weighted by Crippen LogP contribution is 2.50. The van der Waals surface area contributed by atoms with Crippen molar-refractivity contribution in [3.63, 3.8) is 0 Å². The summed E-state index contributed by atoms with van der Waals surface area (Å²) in [7, 11) is 0. The number of nitrogens with two attached hydrogens (primary N) is 1. The van der Waals surface area contributed by atoms with Gasteiger partial charge in [-0.2, -0.15) is 46.9 Å². The van der Waals surface area contributed by atoms with Gasteiger partial charge >= 0.3 is 12.4 Å². The van der Waals surface area contributed by atoms with Gasteiger partial charge in [-0.25, -0.2) is 4.68 Å². The van der Waals surface area contributed by atoms with Gasteiger partial charge in [-0.15, -0.1) is 0 Å². The molecular formula is C15H6Cl2F6N6. The van der Waals surface area contributed by atoms with Gasteiger partial charge in [0.25, 0.3) is 0 Å². The van der Waals surface area contributed by atoms with E-state index in [2.05, 4.69) is 15.3 Å². The lowest BCUT2D eigenvalue weighted by Crippen LogP contribution is -2.38. The van der Waals surface area contributed by atoms with Gasteiger partial charge in [-0.1, -0.05) is 23.2 Å². The Morgan fingerprint density at radius 2 is 1.69 bits per heavy atom. The average molecular weight is 455 g/mol. The maximum absolute atomic E-state index is 13.8. The molecule has 0 amide bonds. The molecule has 1 unspecified atom stereocenters. The molecule has 0 spiro atoms. The Morgan fingerprint density at radius 3 is 2.10 bits per heavy atom. The van der Waals surface area contributed by atoms with Crippen molar-refractivity contribution in [1.29, 1.82) is 5.26 Å².